The van der Waals surface area contributed by atoms with Crippen molar-refractivity contribution in [3.63, 3.8) is 0 Å². The van der Waals surface area contributed by atoms with Crippen molar-refractivity contribution in [2.45, 2.75) is 50.5 Å². The molecule has 4 heteroatoms. The van der Waals surface area contributed by atoms with Crippen LogP contribution in [-0.2, 0) is 4.74 Å². The molecule has 1 atom stereocenters. The molecule has 1 amide bonds. The summed E-state index contributed by atoms with van der Waals surface area (Å²) in [4.78, 5) is 12.2. The van der Waals surface area contributed by atoms with E-state index in [1.807, 2.05) is 0 Å². The standard InChI is InChI=1S/C22H24FNO2/c23-18-6-8-19(9-7-18)24-21(25)26-20-12-15-22(20)13-10-17(11-14-22)16-4-2-1-3-5-16/h1-9,17,20H,10-15H2,(H,24,25)/t17?,20-,22?/m0/s1. The maximum Gasteiger partial charge on any atom is 0.411 e. The van der Waals surface area contributed by atoms with Gasteiger partial charge in [0.25, 0.3) is 0 Å². The summed E-state index contributed by atoms with van der Waals surface area (Å²) >= 11 is 0. The molecule has 0 heterocycles. The lowest BCUT2D eigenvalue weighted by Crippen LogP contribution is -2.49. The molecule has 3 nitrogen and oxygen atoms in total. The first-order valence-electron chi connectivity index (χ1n) is 9.43. The first-order valence-corrected chi connectivity index (χ1v) is 9.43. The number of anilines is 1. The molecular weight excluding hydrogens is 329 g/mol. The number of nitrogens with one attached hydrogen (secondary N) is 1. The molecule has 2 aliphatic rings. The largest absolute Gasteiger partial charge is 0.445 e. The van der Waals surface area contributed by atoms with E-state index < -0.39 is 6.09 Å². The molecule has 0 bridgehead atoms. The average Bonchev–Trinajstić information content (AvgIpc) is 2.68. The third-order valence-corrected chi connectivity index (χ3v) is 6.18. The van der Waals surface area contributed by atoms with Gasteiger partial charge in [-0.15, -0.1) is 0 Å². The van der Waals surface area contributed by atoms with E-state index in [0.29, 0.717) is 11.6 Å². The zero-order valence-corrected chi connectivity index (χ0v) is 14.8. The van der Waals surface area contributed by atoms with Crippen molar-refractivity contribution in [2.75, 3.05) is 5.32 Å². The number of amides is 1. The Morgan fingerprint density at radius 1 is 0.962 bits per heavy atom. The molecule has 1 N–H and O–H groups in total. The van der Waals surface area contributed by atoms with Crippen LogP contribution >= 0.6 is 0 Å². The molecular formula is C22H24FNO2. The molecule has 0 aliphatic heterocycles. The Hall–Kier alpha value is -2.36. The summed E-state index contributed by atoms with van der Waals surface area (Å²) in [5.41, 5.74) is 2.14. The van der Waals surface area contributed by atoms with Crippen LogP contribution in [0, 0.1) is 11.2 Å². The fourth-order valence-electron chi connectivity index (χ4n) is 4.49. The van der Waals surface area contributed by atoms with E-state index >= 15 is 0 Å². The average molecular weight is 353 g/mol. The first-order chi connectivity index (χ1) is 12.6. The van der Waals surface area contributed by atoms with Gasteiger partial charge in [-0.2, -0.15) is 0 Å². The second-order valence-corrected chi connectivity index (χ2v) is 7.61. The van der Waals surface area contributed by atoms with E-state index in [0.717, 1.165) is 38.5 Å². The lowest BCUT2D eigenvalue weighted by atomic mass is 9.56. The Labute approximate surface area is 153 Å². The van der Waals surface area contributed by atoms with Gasteiger partial charge < -0.3 is 4.74 Å². The summed E-state index contributed by atoms with van der Waals surface area (Å²) in [6, 6.07) is 16.4. The molecule has 2 fully saturated rings. The van der Waals surface area contributed by atoms with Crippen molar-refractivity contribution in [3.05, 3.63) is 66.0 Å². The van der Waals surface area contributed by atoms with Gasteiger partial charge >= 0.3 is 6.09 Å². The molecule has 26 heavy (non-hydrogen) atoms. The second kappa shape index (κ2) is 7.10. The molecule has 1 spiro atoms. The molecule has 4 rings (SSSR count). The van der Waals surface area contributed by atoms with Crippen molar-refractivity contribution in [1.82, 2.24) is 0 Å². The van der Waals surface area contributed by atoms with E-state index in [1.165, 1.54) is 29.8 Å². The van der Waals surface area contributed by atoms with Crippen LogP contribution in [0.15, 0.2) is 54.6 Å². The molecule has 0 unspecified atom stereocenters. The van der Waals surface area contributed by atoms with Gasteiger partial charge in [0, 0.05) is 11.1 Å². The fourth-order valence-corrected chi connectivity index (χ4v) is 4.49. The Balaban J connectivity index is 1.32. The van der Waals surface area contributed by atoms with Crippen molar-refractivity contribution >= 4 is 11.8 Å². The van der Waals surface area contributed by atoms with Crippen molar-refractivity contribution in [3.8, 4) is 0 Å². The number of halogens is 1. The lowest BCUT2D eigenvalue weighted by molar-refractivity contribution is -0.0915. The molecule has 0 radical (unpaired) electrons. The molecule has 2 aromatic carbocycles. The number of benzene rings is 2. The highest BCUT2D eigenvalue weighted by Crippen LogP contribution is 2.55. The van der Waals surface area contributed by atoms with Gasteiger partial charge in [0.2, 0.25) is 0 Å². The summed E-state index contributed by atoms with van der Waals surface area (Å²) in [5.74, 6) is 0.299. The predicted octanol–water partition coefficient (Wildman–Crippen LogP) is 5.88. The zero-order valence-electron chi connectivity index (χ0n) is 14.8. The SMILES string of the molecule is O=C(Nc1ccc(F)cc1)O[C@H]1CCC12CCC(c1ccccc1)CC2. The highest BCUT2D eigenvalue weighted by molar-refractivity contribution is 5.84. The highest BCUT2D eigenvalue weighted by Gasteiger charge is 2.50. The summed E-state index contributed by atoms with van der Waals surface area (Å²) < 4.78 is 18.7. The molecule has 136 valence electrons. The van der Waals surface area contributed by atoms with Crippen molar-refractivity contribution in [1.29, 1.82) is 0 Å². The summed E-state index contributed by atoms with van der Waals surface area (Å²) in [6.45, 7) is 0. The maximum atomic E-state index is 12.9. The number of hydrogen-bond donors (Lipinski definition) is 1. The minimum Gasteiger partial charge on any atom is -0.445 e. The van der Waals surface area contributed by atoms with Crippen LogP contribution in [0.1, 0.15) is 50.0 Å². The highest BCUT2D eigenvalue weighted by atomic mass is 19.1. The Morgan fingerprint density at radius 3 is 2.23 bits per heavy atom. The smallest absolute Gasteiger partial charge is 0.411 e. The number of carbonyl (C=O) groups is 1. The molecule has 0 aromatic heterocycles. The first kappa shape index (κ1) is 17.1. The van der Waals surface area contributed by atoms with Crippen LogP contribution in [0.2, 0.25) is 0 Å². The van der Waals surface area contributed by atoms with Gasteiger partial charge in [-0.25, -0.2) is 9.18 Å². The van der Waals surface area contributed by atoms with Crippen LogP contribution in [0.5, 0.6) is 0 Å². The number of rotatable bonds is 3. The van der Waals surface area contributed by atoms with Crippen molar-refractivity contribution < 1.29 is 13.9 Å². The van der Waals surface area contributed by atoms with Gasteiger partial charge in [-0.05, 0) is 74.3 Å². The van der Waals surface area contributed by atoms with Crippen LogP contribution in [0.4, 0.5) is 14.9 Å². The zero-order chi connectivity index (χ0) is 18.0. The summed E-state index contributed by atoms with van der Waals surface area (Å²) in [7, 11) is 0. The number of carbonyl (C=O) groups excluding carboxylic acids is 1. The maximum absolute atomic E-state index is 12.9. The second-order valence-electron chi connectivity index (χ2n) is 7.61. The quantitative estimate of drug-likeness (QED) is 0.748. The van der Waals surface area contributed by atoms with Gasteiger partial charge in [0.1, 0.15) is 11.9 Å². The third-order valence-electron chi connectivity index (χ3n) is 6.18. The van der Waals surface area contributed by atoms with Gasteiger partial charge in [-0.1, -0.05) is 30.3 Å². The number of ether oxygens (including phenoxy) is 1. The number of hydrogen-bond acceptors (Lipinski definition) is 2. The minimum absolute atomic E-state index is 0.000304. The fraction of sp³-hybridized carbons (Fsp3) is 0.409. The van der Waals surface area contributed by atoms with E-state index in [1.54, 1.807) is 0 Å². The van der Waals surface area contributed by atoms with E-state index in [-0.39, 0.29) is 17.3 Å². The summed E-state index contributed by atoms with van der Waals surface area (Å²) in [6.07, 6.45) is 6.18. The molecule has 2 aliphatic carbocycles. The molecule has 0 saturated heterocycles. The third kappa shape index (κ3) is 3.46. The van der Waals surface area contributed by atoms with Gasteiger partial charge in [0.15, 0.2) is 0 Å². The predicted molar refractivity (Wildman–Crippen MR) is 99.6 cm³/mol. The van der Waals surface area contributed by atoms with E-state index in [2.05, 4.69) is 35.6 Å². The Bertz CT molecular complexity index is 751. The normalized spacial score (nSPS) is 27.6. The van der Waals surface area contributed by atoms with Gasteiger partial charge in [0.05, 0.1) is 0 Å². The lowest BCUT2D eigenvalue weighted by Gasteiger charge is -2.52. The van der Waals surface area contributed by atoms with Crippen LogP contribution in [-0.4, -0.2) is 12.2 Å². The topological polar surface area (TPSA) is 38.3 Å². The van der Waals surface area contributed by atoms with E-state index in [9.17, 15) is 9.18 Å². The Kier molecular flexibility index (Phi) is 4.66. The molecule has 2 aromatic rings. The minimum atomic E-state index is -0.439. The van der Waals surface area contributed by atoms with Crippen LogP contribution in [0.25, 0.3) is 0 Å². The summed E-state index contributed by atoms with van der Waals surface area (Å²) in [5, 5.41) is 2.70. The van der Waals surface area contributed by atoms with Crippen molar-refractivity contribution in [2.24, 2.45) is 5.41 Å². The monoisotopic (exact) mass is 353 g/mol. The molecule has 2 saturated carbocycles. The van der Waals surface area contributed by atoms with Crippen LogP contribution in [0.3, 0.4) is 0 Å². The van der Waals surface area contributed by atoms with E-state index in [4.69, 9.17) is 4.74 Å². The van der Waals surface area contributed by atoms with Gasteiger partial charge in [-0.3, -0.25) is 5.32 Å². The van der Waals surface area contributed by atoms with Crippen LogP contribution < -0.4 is 5.32 Å². The Morgan fingerprint density at radius 2 is 1.62 bits per heavy atom.